The zero-order chi connectivity index (χ0) is 18.9. The number of nitrogens with one attached hydrogen (secondary N) is 2. The molecule has 6 nitrogen and oxygen atoms in total. The number of aliphatic imine (C=N–C) groups is 1. The maximum Gasteiger partial charge on any atom is 0.226 e. The van der Waals surface area contributed by atoms with Crippen LogP contribution in [0.1, 0.15) is 37.4 Å². The lowest BCUT2D eigenvalue weighted by molar-refractivity contribution is -0.119. The number of aromatic nitrogens is 1. The van der Waals surface area contributed by atoms with Crippen LogP contribution in [-0.2, 0) is 17.9 Å². The van der Waals surface area contributed by atoms with Gasteiger partial charge in [-0.1, -0.05) is 18.2 Å². The van der Waals surface area contributed by atoms with Gasteiger partial charge in [0.05, 0.1) is 18.8 Å². The molecule has 0 bridgehead atoms. The maximum atomic E-state index is 12.0. The minimum atomic E-state index is 0. The van der Waals surface area contributed by atoms with Crippen LogP contribution in [0.25, 0.3) is 0 Å². The lowest BCUT2D eigenvalue weighted by Gasteiger charge is -2.26. The second kappa shape index (κ2) is 11.6. The number of amides is 1. The molecule has 150 valence electrons. The molecule has 0 spiro atoms. The third-order valence-corrected chi connectivity index (χ3v) is 4.50. The first-order valence-corrected chi connectivity index (χ1v) is 9.57. The van der Waals surface area contributed by atoms with Gasteiger partial charge in [-0.3, -0.25) is 9.78 Å². The third-order valence-electron chi connectivity index (χ3n) is 4.50. The summed E-state index contributed by atoms with van der Waals surface area (Å²) in [6, 6.07) is 14.0. The number of hydrogen-bond donors (Lipinski definition) is 2. The number of nitrogens with zero attached hydrogens (tertiary/aromatic N) is 3. The normalized spacial score (nSPS) is 14.4. The zero-order valence-corrected chi connectivity index (χ0v) is 18.6. The van der Waals surface area contributed by atoms with Crippen molar-refractivity contribution in [3.05, 3.63) is 59.9 Å². The Hall–Kier alpha value is -2.16. The summed E-state index contributed by atoms with van der Waals surface area (Å²) in [5.74, 6) is 0.985. The fourth-order valence-corrected chi connectivity index (χ4v) is 3.05. The number of piperidine rings is 1. The first kappa shape index (κ1) is 22.1. The molecule has 2 aromatic rings. The maximum absolute atomic E-state index is 12.0. The van der Waals surface area contributed by atoms with Crippen molar-refractivity contribution in [3.8, 4) is 0 Å². The van der Waals surface area contributed by atoms with Gasteiger partial charge in [0.15, 0.2) is 5.96 Å². The van der Waals surface area contributed by atoms with E-state index in [0.717, 1.165) is 48.8 Å². The summed E-state index contributed by atoms with van der Waals surface area (Å²) >= 11 is 0. The molecule has 1 aliphatic heterocycles. The van der Waals surface area contributed by atoms with Gasteiger partial charge in [-0.05, 0) is 49.6 Å². The molecule has 1 amide bonds. The van der Waals surface area contributed by atoms with E-state index >= 15 is 0 Å². The summed E-state index contributed by atoms with van der Waals surface area (Å²) in [4.78, 5) is 22.9. The van der Waals surface area contributed by atoms with Gasteiger partial charge in [0.25, 0.3) is 0 Å². The highest BCUT2D eigenvalue weighted by Gasteiger charge is 2.19. The van der Waals surface area contributed by atoms with Crippen LogP contribution < -0.4 is 15.5 Å². The summed E-state index contributed by atoms with van der Waals surface area (Å²) in [6.07, 6.45) is 4.52. The molecule has 1 aromatic heterocycles. The molecule has 1 aromatic carbocycles. The van der Waals surface area contributed by atoms with Crippen LogP contribution in [0.5, 0.6) is 0 Å². The SMILES string of the molecule is CCNC(=NCc1ccc(N2CCCCC2=O)cc1)NCc1ccccn1.I. The standard InChI is InChI=1S/C21H27N5O.HI/c1-2-22-21(25-16-18-7-3-5-13-23-18)24-15-17-9-11-19(12-10-17)26-14-6-4-8-20(26)27;/h3,5,7,9-13H,2,4,6,8,14-16H2,1H3,(H2,22,24,25);1H. The predicted molar refractivity (Wildman–Crippen MR) is 124 cm³/mol. The van der Waals surface area contributed by atoms with Crippen LogP contribution >= 0.6 is 24.0 Å². The van der Waals surface area contributed by atoms with E-state index in [1.54, 1.807) is 6.20 Å². The van der Waals surface area contributed by atoms with Crippen molar-refractivity contribution < 1.29 is 4.79 Å². The van der Waals surface area contributed by atoms with Gasteiger partial charge >= 0.3 is 0 Å². The second-order valence-corrected chi connectivity index (χ2v) is 6.54. The predicted octanol–water partition coefficient (Wildman–Crippen LogP) is 3.47. The molecule has 7 heteroatoms. The molecule has 1 saturated heterocycles. The second-order valence-electron chi connectivity index (χ2n) is 6.54. The van der Waals surface area contributed by atoms with Crippen molar-refractivity contribution >= 4 is 41.5 Å². The zero-order valence-electron chi connectivity index (χ0n) is 16.2. The van der Waals surface area contributed by atoms with Crippen LogP contribution in [0.3, 0.4) is 0 Å². The number of halogens is 1. The van der Waals surface area contributed by atoms with Crippen molar-refractivity contribution in [3.63, 3.8) is 0 Å². The number of pyridine rings is 1. The number of guanidine groups is 1. The van der Waals surface area contributed by atoms with Crippen molar-refractivity contribution in [1.29, 1.82) is 0 Å². The smallest absolute Gasteiger partial charge is 0.226 e. The highest BCUT2D eigenvalue weighted by Crippen LogP contribution is 2.21. The van der Waals surface area contributed by atoms with Gasteiger partial charge in [-0.2, -0.15) is 0 Å². The first-order valence-electron chi connectivity index (χ1n) is 9.57. The van der Waals surface area contributed by atoms with E-state index in [-0.39, 0.29) is 29.9 Å². The molecule has 0 aliphatic carbocycles. The summed E-state index contributed by atoms with van der Waals surface area (Å²) in [7, 11) is 0. The van der Waals surface area contributed by atoms with Crippen LogP contribution in [0.2, 0.25) is 0 Å². The molecule has 0 unspecified atom stereocenters. The van der Waals surface area contributed by atoms with Gasteiger partial charge < -0.3 is 15.5 Å². The quantitative estimate of drug-likeness (QED) is 0.368. The van der Waals surface area contributed by atoms with Crippen LogP contribution in [-0.4, -0.2) is 29.9 Å². The number of anilines is 1. The van der Waals surface area contributed by atoms with E-state index in [1.165, 1.54) is 0 Å². The Morgan fingerprint density at radius 3 is 2.64 bits per heavy atom. The Labute approximate surface area is 183 Å². The number of carbonyl (C=O) groups excluding carboxylic acids is 1. The summed E-state index contributed by atoms with van der Waals surface area (Å²) < 4.78 is 0. The Morgan fingerprint density at radius 1 is 1.14 bits per heavy atom. The monoisotopic (exact) mass is 493 g/mol. The van der Waals surface area contributed by atoms with E-state index in [4.69, 9.17) is 0 Å². The molecule has 1 fully saturated rings. The van der Waals surface area contributed by atoms with Gasteiger partial charge in [0, 0.05) is 31.4 Å². The topological polar surface area (TPSA) is 69.6 Å². The molecule has 0 atom stereocenters. The molecule has 1 aliphatic rings. The molecule has 0 saturated carbocycles. The number of hydrogen-bond acceptors (Lipinski definition) is 3. The van der Waals surface area contributed by atoms with Crippen molar-refractivity contribution in [2.45, 2.75) is 39.3 Å². The minimum absolute atomic E-state index is 0. The Kier molecular flexibility index (Phi) is 9.19. The average Bonchev–Trinajstić information content (AvgIpc) is 2.72. The highest BCUT2D eigenvalue weighted by atomic mass is 127. The fourth-order valence-electron chi connectivity index (χ4n) is 3.05. The van der Waals surface area contributed by atoms with Crippen molar-refractivity contribution in [1.82, 2.24) is 15.6 Å². The molecule has 2 N–H and O–H groups in total. The minimum Gasteiger partial charge on any atom is -0.357 e. The molecular formula is C21H28IN5O. The lowest BCUT2D eigenvalue weighted by Crippen LogP contribution is -2.37. The summed E-state index contributed by atoms with van der Waals surface area (Å²) in [5.41, 5.74) is 3.06. The first-order chi connectivity index (χ1) is 13.3. The number of carbonyl (C=O) groups is 1. The molecule has 3 rings (SSSR count). The van der Waals surface area contributed by atoms with Gasteiger partial charge in [0.2, 0.25) is 5.91 Å². The fraction of sp³-hybridized carbons (Fsp3) is 0.381. The van der Waals surface area contributed by atoms with E-state index in [9.17, 15) is 4.79 Å². The van der Waals surface area contributed by atoms with Gasteiger partial charge in [0.1, 0.15) is 0 Å². The number of rotatable bonds is 6. The average molecular weight is 493 g/mol. The van der Waals surface area contributed by atoms with E-state index in [1.807, 2.05) is 54.3 Å². The third kappa shape index (κ3) is 6.47. The van der Waals surface area contributed by atoms with Crippen LogP contribution in [0.15, 0.2) is 53.7 Å². The molecule has 2 heterocycles. The Bertz CT molecular complexity index is 764. The van der Waals surface area contributed by atoms with Crippen LogP contribution in [0, 0.1) is 0 Å². The summed E-state index contributed by atoms with van der Waals surface area (Å²) in [6.45, 7) is 4.86. The molecule has 28 heavy (non-hydrogen) atoms. The largest absolute Gasteiger partial charge is 0.357 e. The van der Waals surface area contributed by atoms with Gasteiger partial charge in [-0.15, -0.1) is 24.0 Å². The van der Waals surface area contributed by atoms with Crippen LogP contribution in [0.4, 0.5) is 5.69 Å². The van der Waals surface area contributed by atoms with Crippen molar-refractivity contribution in [2.75, 3.05) is 18.0 Å². The molecule has 0 radical (unpaired) electrons. The Balaban J connectivity index is 0.00000280. The Morgan fingerprint density at radius 2 is 1.96 bits per heavy atom. The van der Waals surface area contributed by atoms with Crippen molar-refractivity contribution in [2.24, 2.45) is 4.99 Å². The van der Waals surface area contributed by atoms with Gasteiger partial charge in [-0.25, -0.2) is 4.99 Å². The lowest BCUT2D eigenvalue weighted by atomic mass is 10.1. The molecular weight excluding hydrogens is 465 g/mol. The highest BCUT2D eigenvalue weighted by molar-refractivity contribution is 14.0. The van der Waals surface area contributed by atoms with E-state index < -0.39 is 0 Å². The number of benzene rings is 1. The van der Waals surface area contributed by atoms with E-state index in [2.05, 4.69) is 20.6 Å². The van der Waals surface area contributed by atoms with E-state index in [0.29, 0.717) is 19.5 Å². The summed E-state index contributed by atoms with van der Waals surface area (Å²) in [5, 5.41) is 6.55.